The van der Waals surface area contributed by atoms with Gasteiger partial charge in [-0.25, -0.2) is 4.57 Å². The minimum absolute atomic E-state index is 0. The maximum absolute atomic E-state index is 2.36. The third-order valence-corrected chi connectivity index (χ3v) is 4.87. The summed E-state index contributed by atoms with van der Waals surface area (Å²) in [5.41, 5.74) is 3.74. The van der Waals surface area contributed by atoms with Crippen LogP contribution in [-0.2, 0) is 6.54 Å². The Morgan fingerprint density at radius 3 is 1.77 bits per heavy atom. The number of hydrogen-bond donors (Lipinski definition) is 0. The molecular weight excluding hydrogens is 502 g/mol. The van der Waals surface area contributed by atoms with Crippen molar-refractivity contribution in [3.8, 4) is 0 Å². The Kier molecular flexibility index (Phi) is 13.9. The van der Waals surface area contributed by atoms with Crippen LogP contribution in [0.15, 0.2) is 60.9 Å². The fourth-order valence-electron chi connectivity index (χ4n) is 3.18. The van der Waals surface area contributed by atoms with Crippen LogP contribution in [0.4, 0.5) is 5.69 Å². The van der Waals surface area contributed by atoms with E-state index in [1.807, 2.05) is 0 Å². The lowest BCUT2D eigenvalue weighted by molar-refractivity contribution is -0.873. The summed E-state index contributed by atoms with van der Waals surface area (Å²) in [7, 11) is 6.72. The maximum atomic E-state index is 2.36. The van der Waals surface area contributed by atoms with Crippen molar-refractivity contribution in [3.63, 3.8) is 0 Å². The van der Waals surface area contributed by atoms with E-state index in [4.69, 9.17) is 0 Å². The van der Waals surface area contributed by atoms with Gasteiger partial charge in [0.2, 0.25) is 0 Å². The molecule has 3 nitrogen and oxygen atoms in total. The van der Waals surface area contributed by atoms with Crippen LogP contribution >= 0.6 is 0 Å². The molecule has 0 aliphatic heterocycles. The van der Waals surface area contributed by atoms with E-state index in [9.17, 15) is 0 Å². The number of aryl methyl sites for hydroxylation is 1. The van der Waals surface area contributed by atoms with Crippen molar-refractivity contribution in [2.75, 3.05) is 45.7 Å². The highest BCUT2D eigenvalue weighted by Crippen LogP contribution is 2.15. The second-order valence-corrected chi connectivity index (χ2v) is 8.22. The fraction of sp³-hybridized carbons (Fsp3) is 0.400. The molecule has 2 aromatic rings. The van der Waals surface area contributed by atoms with Crippen molar-refractivity contribution in [3.05, 3.63) is 72.1 Å². The first-order valence-electron chi connectivity index (χ1n) is 10.4. The molecule has 0 aliphatic carbocycles. The highest BCUT2D eigenvalue weighted by molar-refractivity contribution is 5.59. The summed E-state index contributed by atoms with van der Waals surface area (Å²) >= 11 is 0. The highest BCUT2D eigenvalue weighted by Gasteiger charge is 2.08. The van der Waals surface area contributed by atoms with Gasteiger partial charge < -0.3 is 43.3 Å². The van der Waals surface area contributed by atoms with Crippen LogP contribution < -0.4 is 43.4 Å². The fourth-order valence-corrected chi connectivity index (χ4v) is 3.18. The lowest BCUT2D eigenvalue weighted by Gasteiger charge is -2.22. The molecule has 0 N–H and O–H groups in total. The molecule has 0 radical (unpaired) electrons. The second kappa shape index (κ2) is 14.6. The van der Waals surface area contributed by atoms with Gasteiger partial charge >= 0.3 is 0 Å². The molecule has 1 aromatic carbocycles. The van der Waals surface area contributed by atoms with Crippen LogP contribution in [0.3, 0.4) is 0 Å². The Morgan fingerprint density at radius 2 is 1.30 bits per heavy atom. The van der Waals surface area contributed by atoms with Crippen molar-refractivity contribution in [1.82, 2.24) is 0 Å². The molecule has 0 amide bonds. The first kappa shape index (κ1) is 28.6. The van der Waals surface area contributed by atoms with Gasteiger partial charge in [-0.2, -0.15) is 0 Å². The zero-order chi connectivity index (χ0) is 20.4. The molecule has 1 aromatic heterocycles. The Balaban J connectivity index is 0.00000420. The van der Waals surface area contributed by atoms with E-state index in [0.29, 0.717) is 0 Å². The van der Waals surface area contributed by atoms with Gasteiger partial charge in [-0.1, -0.05) is 36.4 Å². The van der Waals surface area contributed by atoms with Crippen molar-refractivity contribution >= 4 is 17.8 Å². The first-order valence-corrected chi connectivity index (χ1v) is 10.4. The predicted octanol–water partition coefficient (Wildman–Crippen LogP) is -1.35. The molecule has 0 saturated carbocycles. The lowest BCUT2D eigenvalue weighted by atomic mass is 10.1. The number of pyridine rings is 1. The van der Waals surface area contributed by atoms with E-state index in [1.165, 1.54) is 29.8 Å². The summed E-state index contributed by atoms with van der Waals surface area (Å²) in [6, 6.07) is 13.1. The number of allylic oxidation sites excluding steroid dienone is 2. The summed E-state index contributed by atoms with van der Waals surface area (Å²) in [6.45, 7) is 8.73. The number of benzene rings is 1. The summed E-state index contributed by atoms with van der Waals surface area (Å²) in [4.78, 5) is 2.36. The number of halogens is 2. The second-order valence-electron chi connectivity index (χ2n) is 8.22. The van der Waals surface area contributed by atoms with E-state index in [2.05, 4.69) is 118 Å². The molecule has 0 bridgehead atoms. The summed E-state index contributed by atoms with van der Waals surface area (Å²) in [6.07, 6.45) is 14.0. The number of anilines is 1. The number of aromatic nitrogens is 1. The third kappa shape index (κ3) is 10.6. The van der Waals surface area contributed by atoms with Gasteiger partial charge in [0, 0.05) is 30.9 Å². The smallest absolute Gasteiger partial charge is 0.169 e. The molecular formula is C25H37Br2N3. The maximum Gasteiger partial charge on any atom is 0.169 e. The van der Waals surface area contributed by atoms with E-state index in [-0.39, 0.29) is 34.0 Å². The molecule has 0 unspecified atom stereocenters. The van der Waals surface area contributed by atoms with Crippen LogP contribution in [0.5, 0.6) is 0 Å². The molecule has 0 aliphatic rings. The van der Waals surface area contributed by atoms with Gasteiger partial charge in [-0.05, 0) is 37.1 Å². The quantitative estimate of drug-likeness (QED) is 0.206. The normalized spacial score (nSPS) is 11.4. The SMILES string of the molecule is CCN(CC)c1ccc(C=CC=Cc2cc[n+](CCC[N+](C)(C)C)cc2)cc1.[Br-].[Br-]. The summed E-state index contributed by atoms with van der Waals surface area (Å²) in [5.74, 6) is 0. The van der Waals surface area contributed by atoms with Gasteiger partial charge in [-0.15, -0.1) is 0 Å². The van der Waals surface area contributed by atoms with E-state index < -0.39 is 0 Å². The molecule has 2 rings (SSSR count). The molecule has 166 valence electrons. The summed E-state index contributed by atoms with van der Waals surface area (Å²) < 4.78 is 3.28. The van der Waals surface area contributed by atoms with Gasteiger partial charge in [-0.3, -0.25) is 0 Å². The molecule has 0 atom stereocenters. The molecule has 30 heavy (non-hydrogen) atoms. The zero-order valence-electron chi connectivity index (χ0n) is 19.1. The lowest BCUT2D eigenvalue weighted by Crippen LogP contribution is -3.00. The summed E-state index contributed by atoms with van der Waals surface area (Å²) in [5, 5.41) is 0. The van der Waals surface area contributed by atoms with Gasteiger partial charge in [0.25, 0.3) is 0 Å². The Hall–Kier alpha value is -1.43. The molecule has 5 heteroatoms. The monoisotopic (exact) mass is 537 g/mol. The molecule has 0 saturated heterocycles. The van der Waals surface area contributed by atoms with Crippen LogP contribution in [0.25, 0.3) is 12.2 Å². The standard InChI is InChI=1S/C25H37N3.2BrH/c1-6-27(7-2)25-15-13-23(14-16-25)11-8-9-12-24-17-20-26(21-18-24)19-10-22-28(3,4)5;;/h8-9,11-18,20-21H,6-7,10,19,22H2,1-5H3;2*1H/q+2;;/p-2. The minimum atomic E-state index is 0. The number of nitrogens with zero attached hydrogens (tertiary/aromatic N) is 3. The third-order valence-electron chi connectivity index (χ3n) is 4.87. The van der Waals surface area contributed by atoms with E-state index in [1.54, 1.807) is 0 Å². The van der Waals surface area contributed by atoms with Crippen molar-refractivity contribution in [2.45, 2.75) is 26.8 Å². The topological polar surface area (TPSA) is 7.12 Å². The number of quaternary nitrogens is 1. The average Bonchev–Trinajstić information content (AvgIpc) is 2.67. The number of hydrogen-bond acceptors (Lipinski definition) is 1. The molecule has 1 heterocycles. The van der Waals surface area contributed by atoms with E-state index >= 15 is 0 Å². The van der Waals surface area contributed by atoms with Crippen molar-refractivity contribution < 1.29 is 43.0 Å². The van der Waals surface area contributed by atoms with Crippen LogP contribution in [-0.4, -0.2) is 45.3 Å². The zero-order valence-corrected chi connectivity index (χ0v) is 22.2. The van der Waals surface area contributed by atoms with Crippen molar-refractivity contribution in [2.24, 2.45) is 0 Å². The molecule has 0 fully saturated rings. The Bertz CT molecular complexity index is 756. The van der Waals surface area contributed by atoms with E-state index in [0.717, 1.165) is 24.1 Å². The first-order chi connectivity index (χ1) is 13.4. The highest BCUT2D eigenvalue weighted by atomic mass is 79.9. The van der Waals surface area contributed by atoms with Gasteiger partial charge in [0.15, 0.2) is 18.9 Å². The molecule has 0 spiro atoms. The number of rotatable bonds is 10. The van der Waals surface area contributed by atoms with Crippen LogP contribution in [0.2, 0.25) is 0 Å². The van der Waals surface area contributed by atoms with Gasteiger partial charge in [0.1, 0.15) is 0 Å². The predicted molar refractivity (Wildman–Crippen MR) is 122 cm³/mol. The van der Waals surface area contributed by atoms with Crippen LogP contribution in [0.1, 0.15) is 31.4 Å². The van der Waals surface area contributed by atoms with Gasteiger partial charge in [0.05, 0.1) is 34.1 Å². The largest absolute Gasteiger partial charge is 1.00 e. The minimum Gasteiger partial charge on any atom is -1.00 e. The Morgan fingerprint density at radius 1 is 0.800 bits per heavy atom. The van der Waals surface area contributed by atoms with Crippen LogP contribution in [0, 0.1) is 0 Å². The Labute approximate surface area is 204 Å². The average molecular weight is 539 g/mol. The van der Waals surface area contributed by atoms with Crippen molar-refractivity contribution in [1.29, 1.82) is 0 Å².